The summed E-state index contributed by atoms with van der Waals surface area (Å²) in [5, 5.41) is 2.82. The van der Waals surface area contributed by atoms with Crippen LogP contribution < -0.4 is 5.32 Å². The molecule has 4 rings (SSSR count). The molecule has 134 valence electrons. The van der Waals surface area contributed by atoms with Gasteiger partial charge in [-0.25, -0.2) is 0 Å². The molecular formula is C22H30N2O. The molecule has 1 N–H and O–H groups in total. The number of nitrogens with one attached hydrogen (secondary N) is 1. The summed E-state index contributed by atoms with van der Waals surface area (Å²) in [6, 6.07) is 8.51. The van der Waals surface area contributed by atoms with Gasteiger partial charge < -0.3 is 10.2 Å². The van der Waals surface area contributed by atoms with Gasteiger partial charge in [-0.15, -0.1) is 0 Å². The summed E-state index contributed by atoms with van der Waals surface area (Å²) in [4.78, 5) is 15.0. The SMILES string of the molecule is CNC(=O)C1=CC2(CCN(CC3CCCCC3)CC2)c2ccccc21. The van der Waals surface area contributed by atoms with Crippen LogP contribution in [0.5, 0.6) is 0 Å². The number of likely N-dealkylation sites (N-methyl/N-ethyl adjacent to an activating group) is 1. The van der Waals surface area contributed by atoms with E-state index in [-0.39, 0.29) is 11.3 Å². The highest BCUT2D eigenvalue weighted by atomic mass is 16.1. The van der Waals surface area contributed by atoms with E-state index >= 15 is 0 Å². The molecule has 1 aliphatic heterocycles. The quantitative estimate of drug-likeness (QED) is 0.910. The lowest BCUT2D eigenvalue weighted by Crippen LogP contribution is -2.43. The molecule has 1 amide bonds. The smallest absolute Gasteiger partial charge is 0.251 e. The van der Waals surface area contributed by atoms with E-state index in [1.54, 1.807) is 7.05 Å². The molecule has 0 aromatic heterocycles. The summed E-state index contributed by atoms with van der Waals surface area (Å²) in [6.45, 7) is 3.59. The van der Waals surface area contributed by atoms with Crippen molar-refractivity contribution < 1.29 is 4.79 Å². The average molecular weight is 338 g/mol. The maximum absolute atomic E-state index is 12.3. The molecular weight excluding hydrogens is 308 g/mol. The Morgan fingerprint density at radius 2 is 1.88 bits per heavy atom. The zero-order valence-corrected chi connectivity index (χ0v) is 15.4. The molecule has 0 radical (unpaired) electrons. The molecule has 3 aliphatic rings. The highest BCUT2D eigenvalue weighted by Crippen LogP contribution is 2.47. The molecule has 3 nitrogen and oxygen atoms in total. The largest absolute Gasteiger partial charge is 0.355 e. The third kappa shape index (κ3) is 3.15. The normalized spacial score (nSPS) is 23.3. The van der Waals surface area contributed by atoms with E-state index in [9.17, 15) is 4.79 Å². The molecule has 3 heteroatoms. The van der Waals surface area contributed by atoms with Crippen molar-refractivity contribution in [2.75, 3.05) is 26.7 Å². The van der Waals surface area contributed by atoms with Gasteiger partial charge in [0.25, 0.3) is 5.91 Å². The molecule has 0 bridgehead atoms. The Balaban J connectivity index is 1.50. The standard InChI is InChI=1S/C22H30N2O/c1-23-21(25)19-15-22(20-10-6-5-9-18(19)20)11-13-24(14-12-22)16-17-7-3-2-4-8-17/h5-6,9-10,15,17H,2-4,7-8,11-14,16H2,1H3,(H,23,25). The van der Waals surface area contributed by atoms with Gasteiger partial charge in [0, 0.05) is 24.6 Å². The van der Waals surface area contributed by atoms with Crippen LogP contribution in [0.1, 0.15) is 56.1 Å². The maximum Gasteiger partial charge on any atom is 0.251 e. The van der Waals surface area contributed by atoms with Gasteiger partial charge in [-0.3, -0.25) is 4.79 Å². The summed E-state index contributed by atoms with van der Waals surface area (Å²) in [7, 11) is 1.73. The minimum absolute atomic E-state index is 0.0500. The number of allylic oxidation sites excluding steroid dienone is 1. The number of amides is 1. The van der Waals surface area contributed by atoms with E-state index in [4.69, 9.17) is 0 Å². The van der Waals surface area contributed by atoms with Crippen LogP contribution in [0.4, 0.5) is 0 Å². The minimum atomic E-state index is 0.0500. The van der Waals surface area contributed by atoms with Crippen LogP contribution >= 0.6 is 0 Å². The van der Waals surface area contributed by atoms with Crippen molar-refractivity contribution in [3.05, 3.63) is 41.5 Å². The van der Waals surface area contributed by atoms with Crippen molar-refractivity contribution in [1.29, 1.82) is 0 Å². The number of carbonyl (C=O) groups excluding carboxylic acids is 1. The molecule has 25 heavy (non-hydrogen) atoms. The second-order valence-electron chi connectivity index (χ2n) is 8.14. The van der Waals surface area contributed by atoms with Crippen molar-refractivity contribution in [2.24, 2.45) is 5.92 Å². The summed E-state index contributed by atoms with van der Waals surface area (Å²) in [6.07, 6.45) is 11.7. The Bertz CT molecular complexity index is 664. The maximum atomic E-state index is 12.3. The lowest BCUT2D eigenvalue weighted by molar-refractivity contribution is -0.115. The predicted octanol–water partition coefficient (Wildman–Crippen LogP) is 3.74. The Kier molecular flexibility index (Phi) is 4.68. The monoisotopic (exact) mass is 338 g/mol. The fourth-order valence-electron chi connectivity index (χ4n) is 5.19. The third-order valence-electron chi connectivity index (χ3n) is 6.64. The Hall–Kier alpha value is -1.61. The summed E-state index contributed by atoms with van der Waals surface area (Å²) >= 11 is 0. The van der Waals surface area contributed by atoms with Gasteiger partial charge in [0.15, 0.2) is 0 Å². The van der Waals surface area contributed by atoms with Crippen LogP contribution in [0, 0.1) is 5.92 Å². The first kappa shape index (κ1) is 16.8. The average Bonchev–Trinajstić information content (AvgIpc) is 2.99. The van der Waals surface area contributed by atoms with Crippen LogP contribution in [0.15, 0.2) is 30.3 Å². The molecule has 1 spiro atoms. The van der Waals surface area contributed by atoms with Gasteiger partial charge >= 0.3 is 0 Å². The van der Waals surface area contributed by atoms with Crippen molar-refractivity contribution in [1.82, 2.24) is 10.2 Å². The number of carbonyl (C=O) groups is 1. The van der Waals surface area contributed by atoms with Gasteiger partial charge in [0.05, 0.1) is 0 Å². The zero-order chi connectivity index (χ0) is 17.3. The van der Waals surface area contributed by atoms with Gasteiger partial charge in [0.1, 0.15) is 0 Å². The van der Waals surface area contributed by atoms with Crippen molar-refractivity contribution in [2.45, 2.75) is 50.4 Å². The molecule has 2 fully saturated rings. The summed E-state index contributed by atoms with van der Waals surface area (Å²) in [5.41, 5.74) is 3.45. The van der Waals surface area contributed by atoms with Gasteiger partial charge in [0.2, 0.25) is 0 Å². The molecule has 1 saturated carbocycles. The van der Waals surface area contributed by atoms with Gasteiger partial charge in [-0.2, -0.15) is 0 Å². The van der Waals surface area contributed by atoms with E-state index in [1.165, 1.54) is 44.2 Å². The van der Waals surface area contributed by atoms with E-state index in [2.05, 4.69) is 34.5 Å². The van der Waals surface area contributed by atoms with E-state index in [0.717, 1.165) is 43.0 Å². The van der Waals surface area contributed by atoms with Crippen LogP contribution in [0.25, 0.3) is 5.57 Å². The molecule has 1 aromatic rings. The highest BCUT2D eigenvalue weighted by Gasteiger charge is 2.41. The van der Waals surface area contributed by atoms with Crippen LogP contribution in [-0.4, -0.2) is 37.5 Å². The first-order valence-corrected chi connectivity index (χ1v) is 9.99. The van der Waals surface area contributed by atoms with E-state index < -0.39 is 0 Å². The number of benzene rings is 1. The molecule has 0 atom stereocenters. The summed E-state index contributed by atoms with van der Waals surface area (Å²) < 4.78 is 0. The number of nitrogens with zero attached hydrogens (tertiary/aromatic N) is 1. The molecule has 2 aliphatic carbocycles. The first-order chi connectivity index (χ1) is 12.2. The Morgan fingerprint density at radius 1 is 1.16 bits per heavy atom. The lowest BCUT2D eigenvalue weighted by Gasteiger charge is -2.41. The Morgan fingerprint density at radius 3 is 2.60 bits per heavy atom. The fourth-order valence-corrected chi connectivity index (χ4v) is 5.19. The molecule has 1 aromatic carbocycles. The number of rotatable bonds is 3. The number of fused-ring (bicyclic) bond motifs is 2. The van der Waals surface area contributed by atoms with E-state index in [0.29, 0.717) is 0 Å². The van der Waals surface area contributed by atoms with Gasteiger partial charge in [-0.05, 0) is 55.8 Å². The lowest BCUT2D eigenvalue weighted by atomic mass is 9.74. The van der Waals surface area contributed by atoms with Crippen molar-refractivity contribution >= 4 is 11.5 Å². The number of likely N-dealkylation sites (tertiary alicyclic amines) is 1. The van der Waals surface area contributed by atoms with Crippen LogP contribution in [0.3, 0.4) is 0 Å². The van der Waals surface area contributed by atoms with Crippen LogP contribution in [0.2, 0.25) is 0 Å². The second-order valence-corrected chi connectivity index (χ2v) is 8.14. The molecule has 1 heterocycles. The highest BCUT2D eigenvalue weighted by molar-refractivity contribution is 6.21. The van der Waals surface area contributed by atoms with E-state index in [1.807, 2.05) is 6.07 Å². The predicted molar refractivity (Wildman–Crippen MR) is 102 cm³/mol. The Labute approximate surface area is 151 Å². The third-order valence-corrected chi connectivity index (χ3v) is 6.64. The number of hydrogen-bond donors (Lipinski definition) is 1. The number of piperidine rings is 1. The van der Waals surface area contributed by atoms with Crippen molar-refractivity contribution in [3.8, 4) is 0 Å². The minimum Gasteiger partial charge on any atom is -0.355 e. The number of hydrogen-bond acceptors (Lipinski definition) is 2. The topological polar surface area (TPSA) is 32.3 Å². The molecule has 1 saturated heterocycles. The fraction of sp³-hybridized carbons (Fsp3) is 0.591. The first-order valence-electron chi connectivity index (χ1n) is 9.99. The molecule has 0 unspecified atom stereocenters. The summed E-state index contributed by atoms with van der Waals surface area (Å²) in [5.74, 6) is 0.963. The van der Waals surface area contributed by atoms with Crippen LogP contribution in [-0.2, 0) is 10.2 Å². The second kappa shape index (κ2) is 6.95. The zero-order valence-electron chi connectivity index (χ0n) is 15.4. The van der Waals surface area contributed by atoms with Gasteiger partial charge in [-0.1, -0.05) is 49.6 Å². The van der Waals surface area contributed by atoms with Crippen molar-refractivity contribution in [3.63, 3.8) is 0 Å².